The van der Waals surface area contributed by atoms with E-state index in [9.17, 15) is 4.79 Å². The van der Waals surface area contributed by atoms with Crippen molar-refractivity contribution in [2.45, 2.75) is 20.0 Å². The van der Waals surface area contributed by atoms with Crippen LogP contribution in [0.15, 0.2) is 66.9 Å². The molecule has 0 spiro atoms. The van der Waals surface area contributed by atoms with Crippen LogP contribution in [-0.2, 0) is 22.6 Å². The zero-order valence-electron chi connectivity index (χ0n) is 16.4. The molecule has 28 heavy (non-hydrogen) atoms. The minimum atomic E-state index is -0.666. The third-order valence-corrected chi connectivity index (χ3v) is 4.66. The molecule has 0 fully saturated rings. The van der Waals surface area contributed by atoms with Crippen molar-refractivity contribution in [2.75, 3.05) is 20.3 Å². The van der Waals surface area contributed by atoms with Gasteiger partial charge >= 0.3 is 6.16 Å². The van der Waals surface area contributed by atoms with Gasteiger partial charge in [-0.25, -0.2) is 4.79 Å². The lowest BCUT2D eigenvalue weighted by molar-refractivity contribution is 0.0817. The van der Waals surface area contributed by atoms with Gasteiger partial charge in [0, 0.05) is 36.7 Å². The largest absolute Gasteiger partial charge is 0.508 e. The third kappa shape index (κ3) is 5.24. The molecule has 2 aromatic carbocycles. The monoisotopic (exact) mass is 378 g/mol. The van der Waals surface area contributed by atoms with E-state index in [0.717, 1.165) is 19.6 Å². The second-order valence-corrected chi connectivity index (χ2v) is 6.70. The number of aromatic amines is 1. The summed E-state index contributed by atoms with van der Waals surface area (Å²) in [5.74, 6) is 0. The molecule has 0 aliphatic carbocycles. The smallest absolute Gasteiger partial charge is 0.438 e. The Morgan fingerprint density at radius 3 is 2.68 bits per heavy atom. The van der Waals surface area contributed by atoms with Crippen molar-refractivity contribution >= 4 is 17.1 Å². The molecule has 0 saturated heterocycles. The van der Waals surface area contributed by atoms with Gasteiger partial charge in [0.05, 0.1) is 7.11 Å². The number of hydrogen-bond donors (Lipinski definition) is 1. The number of carbonyl (C=O) groups excluding carboxylic acids is 1. The zero-order chi connectivity index (χ0) is 19.8. The summed E-state index contributed by atoms with van der Waals surface area (Å²) in [7, 11) is 1.30. The topological polar surface area (TPSA) is 54.6 Å². The lowest BCUT2D eigenvalue weighted by Gasteiger charge is -2.22. The van der Waals surface area contributed by atoms with E-state index in [2.05, 4.69) is 64.0 Å². The number of methoxy groups -OCH3 is 1. The molecule has 1 heterocycles. The highest BCUT2D eigenvalue weighted by Gasteiger charge is 2.10. The van der Waals surface area contributed by atoms with E-state index in [1.165, 1.54) is 34.7 Å². The van der Waals surface area contributed by atoms with Gasteiger partial charge in [-0.1, -0.05) is 48.5 Å². The van der Waals surface area contributed by atoms with E-state index in [4.69, 9.17) is 4.74 Å². The summed E-state index contributed by atoms with van der Waals surface area (Å²) in [5, 5.41) is 1.26. The highest BCUT2D eigenvalue weighted by molar-refractivity contribution is 5.85. The van der Waals surface area contributed by atoms with Gasteiger partial charge in [0.1, 0.15) is 6.61 Å². The van der Waals surface area contributed by atoms with Gasteiger partial charge in [-0.2, -0.15) is 0 Å². The predicted molar refractivity (Wildman–Crippen MR) is 111 cm³/mol. The molecular weight excluding hydrogens is 352 g/mol. The molecule has 0 atom stereocenters. The Labute approximate surface area is 165 Å². The fourth-order valence-electron chi connectivity index (χ4n) is 3.23. The molecule has 0 aliphatic heterocycles. The van der Waals surface area contributed by atoms with Crippen LogP contribution in [0, 0.1) is 6.92 Å². The molecular formula is C23H26N2O3. The summed E-state index contributed by atoms with van der Waals surface area (Å²) in [6, 6.07) is 16.9. The lowest BCUT2D eigenvalue weighted by atomic mass is 10.1. The predicted octanol–water partition coefficient (Wildman–Crippen LogP) is 4.82. The van der Waals surface area contributed by atoms with E-state index < -0.39 is 6.16 Å². The molecule has 0 bridgehead atoms. The van der Waals surface area contributed by atoms with Crippen molar-refractivity contribution in [1.29, 1.82) is 0 Å². The van der Waals surface area contributed by atoms with Crippen LogP contribution in [0.2, 0.25) is 0 Å². The number of rotatable bonds is 8. The summed E-state index contributed by atoms with van der Waals surface area (Å²) in [5.41, 5.74) is 4.99. The van der Waals surface area contributed by atoms with Gasteiger partial charge < -0.3 is 14.5 Å². The Morgan fingerprint density at radius 1 is 1.07 bits per heavy atom. The summed E-state index contributed by atoms with van der Waals surface area (Å²) >= 11 is 0. The van der Waals surface area contributed by atoms with Gasteiger partial charge in [0.15, 0.2) is 0 Å². The number of aryl methyl sites for hydroxylation is 1. The van der Waals surface area contributed by atoms with E-state index in [0.29, 0.717) is 0 Å². The van der Waals surface area contributed by atoms with Crippen molar-refractivity contribution in [3.05, 3.63) is 83.6 Å². The van der Waals surface area contributed by atoms with Crippen LogP contribution in [0.5, 0.6) is 0 Å². The van der Waals surface area contributed by atoms with Crippen molar-refractivity contribution in [3.63, 3.8) is 0 Å². The molecule has 5 nitrogen and oxygen atoms in total. The van der Waals surface area contributed by atoms with Crippen LogP contribution >= 0.6 is 0 Å². The standard InChI is InChI=1S/C23H26N2O3/c1-18-10-11-20(21-12-13-24-22(18)21)17-25(16-19-8-4-3-5-9-19)14-6-7-15-28-23(26)27-2/h3-13,24H,14-17H2,1-2H3/b7-6+. The van der Waals surface area contributed by atoms with Crippen molar-refractivity contribution in [1.82, 2.24) is 9.88 Å². The minimum absolute atomic E-state index is 0.207. The summed E-state index contributed by atoms with van der Waals surface area (Å²) < 4.78 is 9.37. The van der Waals surface area contributed by atoms with Gasteiger partial charge in [-0.05, 0) is 35.8 Å². The second kappa shape index (κ2) is 9.76. The summed E-state index contributed by atoms with van der Waals surface area (Å²) in [6.45, 7) is 4.74. The van der Waals surface area contributed by atoms with Gasteiger partial charge in [-0.15, -0.1) is 0 Å². The fourth-order valence-corrected chi connectivity index (χ4v) is 3.23. The van der Waals surface area contributed by atoms with Crippen molar-refractivity contribution in [3.8, 4) is 0 Å². The average molecular weight is 378 g/mol. The molecule has 0 unspecified atom stereocenters. The molecule has 146 valence electrons. The Balaban J connectivity index is 1.72. The van der Waals surface area contributed by atoms with Crippen molar-refractivity contribution in [2.24, 2.45) is 0 Å². The van der Waals surface area contributed by atoms with Crippen molar-refractivity contribution < 1.29 is 14.3 Å². The molecule has 0 saturated carbocycles. The SMILES string of the molecule is COC(=O)OC/C=C/CN(Cc1ccccc1)Cc1ccc(C)c2[nH]ccc12. The Hall–Kier alpha value is -3.05. The zero-order valence-corrected chi connectivity index (χ0v) is 16.4. The molecule has 5 heteroatoms. The van der Waals surface area contributed by atoms with Gasteiger partial charge in [0.2, 0.25) is 0 Å². The number of carbonyl (C=O) groups is 1. The number of hydrogen-bond acceptors (Lipinski definition) is 4. The molecule has 3 rings (SSSR count). The number of fused-ring (bicyclic) bond motifs is 1. The van der Waals surface area contributed by atoms with Crippen LogP contribution in [0.25, 0.3) is 10.9 Å². The first-order valence-electron chi connectivity index (χ1n) is 9.35. The Morgan fingerprint density at radius 2 is 1.89 bits per heavy atom. The molecule has 0 radical (unpaired) electrons. The molecule has 0 amide bonds. The maximum absolute atomic E-state index is 11.0. The first kappa shape index (κ1) is 19.7. The van der Waals surface area contributed by atoms with Crippen LogP contribution in [0.3, 0.4) is 0 Å². The average Bonchev–Trinajstić information content (AvgIpc) is 3.21. The number of ether oxygens (including phenoxy) is 2. The van der Waals surface area contributed by atoms with Crippen LogP contribution < -0.4 is 0 Å². The van der Waals surface area contributed by atoms with E-state index in [-0.39, 0.29) is 6.61 Å². The summed E-state index contributed by atoms with van der Waals surface area (Å²) in [6.07, 6.45) is 5.19. The normalized spacial score (nSPS) is 11.4. The Bertz CT molecular complexity index is 931. The number of H-pyrrole nitrogens is 1. The first-order chi connectivity index (χ1) is 13.7. The van der Waals surface area contributed by atoms with Crippen LogP contribution in [0.4, 0.5) is 4.79 Å². The number of nitrogens with one attached hydrogen (secondary N) is 1. The van der Waals surface area contributed by atoms with Crippen LogP contribution in [-0.4, -0.2) is 36.3 Å². The maximum atomic E-state index is 11.0. The van der Waals surface area contributed by atoms with Gasteiger partial charge in [0.25, 0.3) is 0 Å². The number of aromatic nitrogens is 1. The summed E-state index contributed by atoms with van der Waals surface area (Å²) in [4.78, 5) is 16.7. The Kier molecular flexibility index (Phi) is 6.87. The molecule has 1 aromatic heterocycles. The molecule has 0 aliphatic rings. The molecule has 1 N–H and O–H groups in total. The highest BCUT2D eigenvalue weighted by atomic mass is 16.7. The first-order valence-corrected chi connectivity index (χ1v) is 9.35. The van der Waals surface area contributed by atoms with E-state index >= 15 is 0 Å². The van der Waals surface area contributed by atoms with Gasteiger partial charge in [-0.3, -0.25) is 4.90 Å². The highest BCUT2D eigenvalue weighted by Crippen LogP contribution is 2.23. The number of benzene rings is 2. The lowest BCUT2D eigenvalue weighted by Crippen LogP contribution is -2.23. The van der Waals surface area contributed by atoms with E-state index in [1.807, 2.05) is 24.4 Å². The molecule has 3 aromatic rings. The second-order valence-electron chi connectivity index (χ2n) is 6.70. The third-order valence-electron chi connectivity index (χ3n) is 4.66. The number of nitrogens with zero attached hydrogens (tertiary/aromatic N) is 1. The van der Waals surface area contributed by atoms with E-state index in [1.54, 1.807) is 0 Å². The fraction of sp³-hybridized carbons (Fsp3) is 0.261. The minimum Gasteiger partial charge on any atom is -0.438 e. The van der Waals surface area contributed by atoms with Crippen LogP contribution in [0.1, 0.15) is 16.7 Å². The maximum Gasteiger partial charge on any atom is 0.508 e. The quantitative estimate of drug-likeness (QED) is 0.451.